The van der Waals surface area contributed by atoms with Crippen molar-refractivity contribution in [2.45, 2.75) is 45.6 Å². The van der Waals surface area contributed by atoms with Crippen molar-refractivity contribution in [2.24, 2.45) is 10.9 Å². The molecule has 0 heterocycles. The number of nitrogens with zero attached hydrogens (tertiary/aromatic N) is 1. The molecule has 0 spiro atoms. The molecule has 1 rings (SSSR count). The molecular weight excluding hydrogens is 214 g/mol. The predicted molar refractivity (Wildman–Crippen MR) is 72.4 cm³/mol. The van der Waals surface area contributed by atoms with Crippen LogP contribution in [0.2, 0.25) is 0 Å². The molecule has 100 valence electrons. The van der Waals surface area contributed by atoms with Crippen molar-refractivity contribution < 1.29 is 4.74 Å². The number of rotatable bonds is 8. The van der Waals surface area contributed by atoms with E-state index in [0.717, 1.165) is 44.5 Å². The molecule has 0 aliphatic heterocycles. The number of unbranched alkanes of at least 4 members (excludes halogenated alkanes) is 1. The highest BCUT2D eigenvalue weighted by Gasteiger charge is 2.32. The summed E-state index contributed by atoms with van der Waals surface area (Å²) >= 11 is 0. The first kappa shape index (κ1) is 14.3. The highest BCUT2D eigenvalue weighted by atomic mass is 16.5. The minimum Gasteiger partial charge on any atom is -0.381 e. The van der Waals surface area contributed by atoms with Gasteiger partial charge in [0.05, 0.1) is 0 Å². The lowest BCUT2D eigenvalue weighted by Crippen LogP contribution is -2.39. The summed E-state index contributed by atoms with van der Waals surface area (Å²) in [6, 6.07) is 0.627. The van der Waals surface area contributed by atoms with E-state index >= 15 is 0 Å². The summed E-state index contributed by atoms with van der Waals surface area (Å²) in [5.74, 6) is 1.72. The molecule has 4 heteroatoms. The van der Waals surface area contributed by atoms with Gasteiger partial charge in [-0.2, -0.15) is 0 Å². The molecule has 1 aliphatic carbocycles. The smallest absolute Gasteiger partial charge is 0.191 e. The van der Waals surface area contributed by atoms with Crippen LogP contribution in [-0.4, -0.2) is 38.8 Å². The van der Waals surface area contributed by atoms with E-state index < -0.39 is 0 Å². The van der Waals surface area contributed by atoms with E-state index in [0.29, 0.717) is 6.04 Å². The fourth-order valence-corrected chi connectivity index (χ4v) is 1.62. The van der Waals surface area contributed by atoms with E-state index in [9.17, 15) is 0 Å². The Balaban J connectivity index is 1.93. The van der Waals surface area contributed by atoms with Gasteiger partial charge in [-0.05, 0) is 25.2 Å². The Morgan fingerprint density at radius 1 is 1.35 bits per heavy atom. The van der Waals surface area contributed by atoms with Crippen molar-refractivity contribution in [1.82, 2.24) is 10.6 Å². The van der Waals surface area contributed by atoms with Crippen molar-refractivity contribution in [3.8, 4) is 0 Å². The minimum absolute atomic E-state index is 0.627. The van der Waals surface area contributed by atoms with Gasteiger partial charge in [0.1, 0.15) is 0 Å². The van der Waals surface area contributed by atoms with E-state index in [2.05, 4.69) is 29.5 Å². The molecule has 2 unspecified atom stereocenters. The fraction of sp³-hybridized carbons (Fsp3) is 0.923. The van der Waals surface area contributed by atoms with Gasteiger partial charge in [-0.3, -0.25) is 4.99 Å². The summed E-state index contributed by atoms with van der Waals surface area (Å²) in [7, 11) is 1.82. The molecule has 0 aromatic heterocycles. The van der Waals surface area contributed by atoms with Gasteiger partial charge < -0.3 is 15.4 Å². The van der Waals surface area contributed by atoms with Crippen LogP contribution in [0.1, 0.15) is 39.5 Å². The first-order chi connectivity index (χ1) is 8.27. The molecule has 2 atom stereocenters. The Morgan fingerprint density at radius 2 is 2.06 bits per heavy atom. The van der Waals surface area contributed by atoms with Gasteiger partial charge in [-0.1, -0.05) is 20.3 Å². The molecule has 1 fully saturated rings. The van der Waals surface area contributed by atoms with Crippen LogP contribution >= 0.6 is 0 Å². The Labute approximate surface area is 105 Å². The van der Waals surface area contributed by atoms with Crippen LogP contribution in [0.5, 0.6) is 0 Å². The highest BCUT2D eigenvalue weighted by Crippen LogP contribution is 2.28. The lowest BCUT2D eigenvalue weighted by molar-refractivity contribution is 0.129. The van der Waals surface area contributed by atoms with E-state index in [-0.39, 0.29) is 0 Å². The molecule has 1 aliphatic rings. The first-order valence-corrected chi connectivity index (χ1v) is 6.82. The van der Waals surface area contributed by atoms with Crippen LogP contribution < -0.4 is 10.6 Å². The van der Waals surface area contributed by atoms with Crippen LogP contribution in [0.15, 0.2) is 4.99 Å². The van der Waals surface area contributed by atoms with Gasteiger partial charge in [-0.15, -0.1) is 0 Å². The van der Waals surface area contributed by atoms with E-state index in [1.165, 1.54) is 12.8 Å². The second-order valence-electron chi connectivity index (χ2n) is 4.78. The normalized spacial score (nSPS) is 23.6. The monoisotopic (exact) mass is 241 g/mol. The number of nitrogens with one attached hydrogen (secondary N) is 2. The van der Waals surface area contributed by atoms with Crippen molar-refractivity contribution in [2.75, 3.05) is 26.8 Å². The van der Waals surface area contributed by atoms with Crippen LogP contribution in [-0.2, 0) is 4.74 Å². The summed E-state index contributed by atoms with van der Waals surface area (Å²) < 4.78 is 5.50. The highest BCUT2D eigenvalue weighted by molar-refractivity contribution is 5.80. The number of hydrogen-bond acceptors (Lipinski definition) is 2. The Hall–Kier alpha value is -0.770. The molecule has 0 saturated heterocycles. The number of hydrogen-bond donors (Lipinski definition) is 2. The number of ether oxygens (including phenoxy) is 1. The summed E-state index contributed by atoms with van der Waals surface area (Å²) in [6.07, 6.45) is 4.66. The van der Waals surface area contributed by atoms with Gasteiger partial charge in [-0.25, -0.2) is 0 Å². The molecule has 17 heavy (non-hydrogen) atoms. The fourth-order valence-electron chi connectivity index (χ4n) is 1.62. The molecule has 0 amide bonds. The van der Waals surface area contributed by atoms with E-state index in [1.54, 1.807) is 0 Å². The Morgan fingerprint density at radius 3 is 2.65 bits per heavy atom. The van der Waals surface area contributed by atoms with Gasteiger partial charge in [0.25, 0.3) is 0 Å². The second-order valence-corrected chi connectivity index (χ2v) is 4.78. The summed E-state index contributed by atoms with van der Waals surface area (Å²) in [4.78, 5) is 4.20. The van der Waals surface area contributed by atoms with E-state index in [4.69, 9.17) is 4.74 Å². The standard InChI is InChI=1S/C13H27N3O/c1-4-5-8-17-9-6-7-15-13(14-3)16-12-10-11(12)2/h11-12H,4-10H2,1-3H3,(H2,14,15,16). The third kappa shape index (κ3) is 6.51. The van der Waals surface area contributed by atoms with Crippen molar-refractivity contribution >= 4 is 5.96 Å². The average Bonchev–Trinajstić information content (AvgIpc) is 3.02. The lowest BCUT2D eigenvalue weighted by Gasteiger charge is -2.11. The summed E-state index contributed by atoms with van der Waals surface area (Å²) in [5, 5.41) is 6.71. The number of guanidine groups is 1. The average molecular weight is 241 g/mol. The molecule has 2 N–H and O–H groups in total. The quantitative estimate of drug-likeness (QED) is 0.387. The molecule has 4 nitrogen and oxygen atoms in total. The predicted octanol–water partition coefficient (Wildman–Crippen LogP) is 1.77. The van der Waals surface area contributed by atoms with Crippen LogP contribution in [0, 0.1) is 5.92 Å². The SMILES string of the molecule is CCCCOCCCNC(=NC)NC1CC1C. The maximum absolute atomic E-state index is 5.50. The van der Waals surface area contributed by atoms with Crippen LogP contribution in [0.25, 0.3) is 0 Å². The van der Waals surface area contributed by atoms with Gasteiger partial charge >= 0.3 is 0 Å². The van der Waals surface area contributed by atoms with Gasteiger partial charge in [0, 0.05) is 32.8 Å². The summed E-state index contributed by atoms with van der Waals surface area (Å²) in [6.45, 7) is 7.09. The third-order valence-electron chi connectivity index (χ3n) is 3.06. The third-order valence-corrected chi connectivity index (χ3v) is 3.06. The second kappa shape index (κ2) is 8.34. The maximum atomic E-state index is 5.50. The lowest BCUT2D eigenvalue weighted by atomic mass is 10.4. The van der Waals surface area contributed by atoms with Gasteiger partial charge in [0.15, 0.2) is 5.96 Å². The van der Waals surface area contributed by atoms with E-state index in [1.807, 2.05) is 7.05 Å². The zero-order valence-electron chi connectivity index (χ0n) is 11.5. The zero-order valence-corrected chi connectivity index (χ0v) is 11.5. The Kier molecular flexibility index (Phi) is 7.01. The topological polar surface area (TPSA) is 45.6 Å². The van der Waals surface area contributed by atoms with Gasteiger partial charge in [0.2, 0.25) is 0 Å². The largest absolute Gasteiger partial charge is 0.381 e. The first-order valence-electron chi connectivity index (χ1n) is 6.82. The van der Waals surface area contributed by atoms with Crippen LogP contribution in [0.4, 0.5) is 0 Å². The Bertz CT molecular complexity index is 231. The number of aliphatic imine (C=N–C) groups is 1. The molecule has 0 aromatic rings. The molecule has 0 aromatic carbocycles. The molecule has 0 radical (unpaired) electrons. The van der Waals surface area contributed by atoms with Crippen LogP contribution in [0.3, 0.4) is 0 Å². The van der Waals surface area contributed by atoms with Crippen molar-refractivity contribution in [3.05, 3.63) is 0 Å². The zero-order chi connectivity index (χ0) is 12.5. The molecule has 0 bridgehead atoms. The van der Waals surface area contributed by atoms with Crippen molar-refractivity contribution in [3.63, 3.8) is 0 Å². The minimum atomic E-state index is 0.627. The molecular formula is C13H27N3O. The molecule has 1 saturated carbocycles. The van der Waals surface area contributed by atoms with Crippen molar-refractivity contribution in [1.29, 1.82) is 0 Å². The summed E-state index contributed by atoms with van der Waals surface area (Å²) in [5.41, 5.74) is 0. The maximum Gasteiger partial charge on any atom is 0.191 e.